The largest absolute Gasteiger partial charge is 0.379 e. The standard InChI is InChI=1S/C11H17N5O3/c1-7-8(16(17)18)9(14-10(12-3)13-7)15-11(2)4-5-19-6-11/h4-6H2,1-3H3,(H2,12,13,14,15). The molecule has 0 aromatic carbocycles. The van der Waals surface area contributed by atoms with E-state index in [2.05, 4.69) is 20.6 Å². The quantitative estimate of drug-likeness (QED) is 0.626. The van der Waals surface area contributed by atoms with Crippen molar-refractivity contribution in [3.05, 3.63) is 15.8 Å². The van der Waals surface area contributed by atoms with Crippen molar-refractivity contribution in [2.45, 2.75) is 25.8 Å². The second-order valence-corrected chi connectivity index (χ2v) is 4.83. The number of rotatable bonds is 4. The van der Waals surface area contributed by atoms with Crippen LogP contribution in [0.4, 0.5) is 17.5 Å². The number of aromatic nitrogens is 2. The van der Waals surface area contributed by atoms with Crippen LogP contribution in [0.2, 0.25) is 0 Å². The molecule has 0 spiro atoms. The molecule has 2 rings (SSSR count). The van der Waals surface area contributed by atoms with Gasteiger partial charge in [0.05, 0.1) is 17.1 Å². The van der Waals surface area contributed by atoms with Gasteiger partial charge in [-0.2, -0.15) is 4.98 Å². The molecule has 0 bridgehead atoms. The number of nitrogens with zero attached hydrogens (tertiary/aromatic N) is 3. The molecule has 0 radical (unpaired) electrons. The SMILES string of the molecule is CNc1nc(C)c([N+](=O)[O-])c(NC2(C)CCOC2)n1. The van der Waals surface area contributed by atoms with Crippen molar-refractivity contribution in [1.29, 1.82) is 0 Å². The van der Waals surface area contributed by atoms with Crippen molar-refractivity contribution in [2.75, 3.05) is 30.9 Å². The third-order valence-corrected chi connectivity index (χ3v) is 3.10. The smallest absolute Gasteiger partial charge is 0.332 e. The molecular formula is C11H17N5O3. The molecule has 1 aliphatic heterocycles. The fourth-order valence-electron chi connectivity index (χ4n) is 2.04. The molecule has 8 heteroatoms. The van der Waals surface area contributed by atoms with E-state index >= 15 is 0 Å². The van der Waals surface area contributed by atoms with Gasteiger partial charge in [-0.1, -0.05) is 0 Å². The number of aryl methyl sites for hydroxylation is 1. The Balaban J connectivity index is 2.41. The van der Waals surface area contributed by atoms with Crippen molar-refractivity contribution >= 4 is 17.5 Å². The highest BCUT2D eigenvalue weighted by Crippen LogP contribution is 2.31. The summed E-state index contributed by atoms with van der Waals surface area (Å²) in [5, 5.41) is 17.1. The van der Waals surface area contributed by atoms with E-state index < -0.39 is 4.92 Å². The summed E-state index contributed by atoms with van der Waals surface area (Å²) >= 11 is 0. The van der Waals surface area contributed by atoms with Crippen molar-refractivity contribution < 1.29 is 9.66 Å². The van der Waals surface area contributed by atoms with Crippen LogP contribution in [0.1, 0.15) is 19.0 Å². The second-order valence-electron chi connectivity index (χ2n) is 4.83. The summed E-state index contributed by atoms with van der Waals surface area (Å²) in [5.41, 5.74) is -0.0993. The molecule has 1 aromatic rings. The predicted octanol–water partition coefficient (Wildman–Crippen LogP) is 1.33. The van der Waals surface area contributed by atoms with Crippen LogP contribution in [0.25, 0.3) is 0 Å². The van der Waals surface area contributed by atoms with Crippen molar-refractivity contribution in [3.63, 3.8) is 0 Å². The van der Waals surface area contributed by atoms with E-state index in [4.69, 9.17) is 4.74 Å². The molecule has 0 aliphatic carbocycles. The molecule has 2 N–H and O–H groups in total. The summed E-state index contributed by atoms with van der Waals surface area (Å²) in [6.45, 7) is 4.70. The first-order valence-corrected chi connectivity index (χ1v) is 6.02. The lowest BCUT2D eigenvalue weighted by molar-refractivity contribution is -0.385. The maximum absolute atomic E-state index is 11.2. The maximum atomic E-state index is 11.2. The summed E-state index contributed by atoms with van der Waals surface area (Å²) in [4.78, 5) is 18.9. The zero-order valence-corrected chi connectivity index (χ0v) is 11.2. The summed E-state index contributed by atoms with van der Waals surface area (Å²) in [6, 6.07) is 0. The molecular weight excluding hydrogens is 250 g/mol. The number of ether oxygens (including phenoxy) is 1. The Kier molecular flexibility index (Phi) is 3.52. The molecule has 8 nitrogen and oxygen atoms in total. The molecule has 1 unspecified atom stereocenters. The predicted molar refractivity (Wildman–Crippen MR) is 70.4 cm³/mol. The summed E-state index contributed by atoms with van der Waals surface area (Å²) in [7, 11) is 1.67. The fraction of sp³-hybridized carbons (Fsp3) is 0.636. The Morgan fingerprint density at radius 2 is 2.21 bits per heavy atom. The zero-order chi connectivity index (χ0) is 14.0. The fourth-order valence-corrected chi connectivity index (χ4v) is 2.04. The van der Waals surface area contributed by atoms with Gasteiger partial charge in [0, 0.05) is 13.7 Å². The Bertz CT molecular complexity index is 499. The van der Waals surface area contributed by atoms with Gasteiger partial charge >= 0.3 is 5.69 Å². The van der Waals surface area contributed by atoms with Gasteiger partial charge in [0.2, 0.25) is 11.8 Å². The van der Waals surface area contributed by atoms with Crippen LogP contribution in [-0.4, -0.2) is 40.7 Å². The van der Waals surface area contributed by atoms with Crippen LogP contribution in [0, 0.1) is 17.0 Å². The highest BCUT2D eigenvalue weighted by molar-refractivity contribution is 5.61. The third kappa shape index (κ3) is 2.73. The summed E-state index contributed by atoms with van der Waals surface area (Å²) in [5.74, 6) is 0.586. The average Bonchev–Trinajstić information content (AvgIpc) is 2.74. The first-order chi connectivity index (χ1) is 8.95. The Labute approximate surface area is 110 Å². The number of hydrogen-bond donors (Lipinski definition) is 2. The van der Waals surface area contributed by atoms with E-state index in [1.54, 1.807) is 14.0 Å². The van der Waals surface area contributed by atoms with Crippen LogP contribution in [0.5, 0.6) is 0 Å². The van der Waals surface area contributed by atoms with Crippen LogP contribution < -0.4 is 10.6 Å². The molecule has 0 amide bonds. The molecule has 0 saturated carbocycles. The van der Waals surface area contributed by atoms with Gasteiger partial charge in [-0.3, -0.25) is 10.1 Å². The normalized spacial score (nSPS) is 22.3. The van der Waals surface area contributed by atoms with Crippen molar-refractivity contribution in [3.8, 4) is 0 Å². The third-order valence-electron chi connectivity index (χ3n) is 3.10. The summed E-state index contributed by atoms with van der Waals surface area (Å²) < 4.78 is 5.33. The van der Waals surface area contributed by atoms with Crippen molar-refractivity contribution in [1.82, 2.24) is 9.97 Å². The minimum absolute atomic E-state index is 0.0906. The molecule has 1 fully saturated rings. The Morgan fingerprint density at radius 3 is 2.74 bits per heavy atom. The van der Waals surface area contributed by atoms with E-state index in [-0.39, 0.29) is 17.0 Å². The van der Waals surface area contributed by atoms with Crippen molar-refractivity contribution in [2.24, 2.45) is 0 Å². The zero-order valence-electron chi connectivity index (χ0n) is 11.2. The minimum Gasteiger partial charge on any atom is -0.379 e. The Morgan fingerprint density at radius 1 is 1.47 bits per heavy atom. The van der Waals surface area contributed by atoms with Gasteiger partial charge in [-0.25, -0.2) is 4.98 Å². The van der Waals surface area contributed by atoms with E-state index in [1.165, 1.54) is 0 Å². The van der Waals surface area contributed by atoms with E-state index in [1.807, 2.05) is 6.92 Å². The molecule has 1 saturated heterocycles. The van der Waals surface area contributed by atoms with E-state index in [9.17, 15) is 10.1 Å². The van der Waals surface area contributed by atoms with Crippen LogP contribution in [0.3, 0.4) is 0 Å². The first-order valence-electron chi connectivity index (χ1n) is 6.02. The number of nitro groups is 1. The Hall–Kier alpha value is -1.96. The second kappa shape index (κ2) is 4.96. The lowest BCUT2D eigenvalue weighted by atomic mass is 10.0. The lowest BCUT2D eigenvalue weighted by Crippen LogP contribution is -2.35. The summed E-state index contributed by atoms with van der Waals surface area (Å²) in [6.07, 6.45) is 0.780. The topological polar surface area (TPSA) is 102 Å². The minimum atomic E-state index is -0.462. The molecule has 19 heavy (non-hydrogen) atoms. The van der Waals surface area contributed by atoms with E-state index in [0.29, 0.717) is 24.9 Å². The average molecular weight is 267 g/mol. The van der Waals surface area contributed by atoms with Gasteiger partial charge in [-0.05, 0) is 20.3 Å². The van der Waals surface area contributed by atoms with Gasteiger partial charge in [0.15, 0.2) is 0 Å². The van der Waals surface area contributed by atoms with Crippen LogP contribution in [-0.2, 0) is 4.74 Å². The van der Waals surface area contributed by atoms with Gasteiger partial charge < -0.3 is 15.4 Å². The van der Waals surface area contributed by atoms with E-state index in [0.717, 1.165) is 6.42 Å². The molecule has 1 aliphatic rings. The maximum Gasteiger partial charge on any atom is 0.332 e. The molecule has 1 atom stereocenters. The van der Waals surface area contributed by atoms with Crippen LogP contribution in [0.15, 0.2) is 0 Å². The highest BCUT2D eigenvalue weighted by atomic mass is 16.6. The van der Waals surface area contributed by atoms with Gasteiger partial charge in [-0.15, -0.1) is 0 Å². The first kappa shape index (κ1) is 13.5. The lowest BCUT2D eigenvalue weighted by Gasteiger charge is -2.24. The molecule has 2 heterocycles. The number of anilines is 2. The number of hydrogen-bond acceptors (Lipinski definition) is 7. The number of nitrogens with one attached hydrogen (secondary N) is 2. The van der Waals surface area contributed by atoms with Gasteiger partial charge in [0.25, 0.3) is 0 Å². The van der Waals surface area contributed by atoms with Gasteiger partial charge in [0.1, 0.15) is 5.69 Å². The molecule has 104 valence electrons. The monoisotopic (exact) mass is 267 g/mol. The highest BCUT2D eigenvalue weighted by Gasteiger charge is 2.33. The van der Waals surface area contributed by atoms with Crippen LogP contribution >= 0.6 is 0 Å². The molecule has 1 aromatic heterocycles.